The van der Waals surface area contributed by atoms with Crippen molar-refractivity contribution in [3.63, 3.8) is 0 Å². The summed E-state index contributed by atoms with van der Waals surface area (Å²) in [6.45, 7) is 4.93. The number of hydrogen-bond donors (Lipinski definition) is 0. The molecular weight excluding hydrogens is 509 g/mol. The summed E-state index contributed by atoms with van der Waals surface area (Å²) in [5.41, 5.74) is 1.19. The summed E-state index contributed by atoms with van der Waals surface area (Å²) >= 11 is 0. The number of carbonyl (C=O) groups excluding carboxylic acids is 1. The summed E-state index contributed by atoms with van der Waals surface area (Å²) in [6.07, 6.45) is 0.935. The van der Waals surface area contributed by atoms with E-state index >= 15 is 0 Å². The topological polar surface area (TPSA) is 60.9 Å². The molecule has 2 aromatic rings. The molecule has 0 bridgehead atoms. The van der Waals surface area contributed by atoms with Gasteiger partial charge in [0.25, 0.3) is 0 Å². The van der Waals surface area contributed by atoms with Crippen LogP contribution in [0.1, 0.15) is 80.3 Å². The van der Waals surface area contributed by atoms with Gasteiger partial charge in [-0.25, -0.2) is 4.98 Å². The van der Waals surface area contributed by atoms with Crippen LogP contribution in [0.25, 0.3) is 0 Å². The molecule has 3 heterocycles. The van der Waals surface area contributed by atoms with Crippen LogP contribution in [0.3, 0.4) is 0 Å². The molecule has 1 saturated heterocycles. The molecule has 39 heavy (non-hydrogen) atoms. The highest BCUT2D eigenvalue weighted by molar-refractivity contribution is 5.73. The van der Waals surface area contributed by atoms with Gasteiger partial charge >= 0.3 is 12.1 Å². The van der Waals surface area contributed by atoms with Crippen molar-refractivity contribution < 1.29 is 32.2 Å². The fourth-order valence-corrected chi connectivity index (χ4v) is 6.46. The lowest BCUT2D eigenvalue weighted by molar-refractivity contribution is -0.145. The number of hydrogen-bond acceptors (Lipinski definition) is 6. The molecule has 3 aliphatic rings. The number of alkyl halides is 3. The number of aryl methyl sites for hydroxylation is 1. The number of halogens is 3. The second kappa shape index (κ2) is 10.6. The Balaban J connectivity index is 1.32. The standard InChI is InChI=1S/C30H37F3N2O4/c1-18(28(36)38-4)26(21-6-7-21)22-8-5-20-11-12-29(39-24(20)17-22)13-15-35(16-14-29)19(2)27-23(30(31,32)33)9-10-25(34-27)37-3/h5,8-10,17-19,21,26H,6-7,11-16H2,1-4H3/t18-,19?,26-/m0/s1. The largest absolute Gasteiger partial charge is 0.487 e. The van der Waals surface area contributed by atoms with Gasteiger partial charge < -0.3 is 14.2 Å². The van der Waals surface area contributed by atoms with Crippen LogP contribution in [0.5, 0.6) is 11.6 Å². The van der Waals surface area contributed by atoms with Crippen molar-refractivity contribution in [2.24, 2.45) is 11.8 Å². The zero-order valence-electron chi connectivity index (χ0n) is 23.0. The van der Waals surface area contributed by atoms with E-state index in [1.807, 2.05) is 6.92 Å². The molecule has 1 unspecified atom stereocenters. The van der Waals surface area contributed by atoms with Crippen molar-refractivity contribution in [1.82, 2.24) is 9.88 Å². The Morgan fingerprint density at radius 3 is 2.44 bits per heavy atom. The molecule has 1 aromatic carbocycles. The molecule has 6 nitrogen and oxygen atoms in total. The molecule has 2 fully saturated rings. The number of benzene rings is 1. The van der Waals surface area contributed by atoms with Crippen molar-refractivity contribution in [3.05, 3.63) is 52.7 Å². The van der Waals surface area contributed by atoms with Gasteiger partial charge in [-0.2, -0.15) is 13.2 Å². The van der Waals surface area contributed by atoms with Crippen LogP contribution in [0.2, 0.25) is 0 Å². The van der Waals surface area contributed by atoms with Crippen molar-refractivity contribution in [2.75, 3.05) is 27.3 Å². The van der Waals surface area contributed by atoms with Crippen LogP contribution in [-0.2, 0) is 22.1 Å². The number of carbonyl (C=O) groups is 1. The first-order valence-corrected chi connectivity index (χ1v) is 13.8. The zero-order valence-corrected chi connectivity index (χ0v) is 23.0. The molecule has 1 saturated carbocycles. The molecule has 0 amide bonds. The van der Waals surface area contributed by atoms with E-state index in [2.05, 4.69) is 28.1 Å². The minimum Gasteiger partial charge on any atom is -0.487 e. The van der Waals surface area contributed by atoms with Gasteiger partial charge in [0.05, 0.1) is 31.4 Å². The zero-order chi connectivity index (χ0) is 27.9. The van der Waals surface area contributed by atoms with E-state index in [-0.39, 0.29) is 35.0 Å². The third kappa shape index (κ3) is 5.60. The van der Waals surface area contributed by atoms with Gasteiger partial charge in [-0.3, -0.25) is 9.69 Å². The Hall–Kier alpha value is -2.81. The van der Waals surface area contributed by atoms with E-state index in [1.165, 1.54) is 20.3 Å². The lowest BCUT2D eigenvalue weighted by atomic mass is 9.80. The second-order valence-corrected chi connectivity index (χ2v) is 11.3. The number of fused-ring (bicyclic) bond motifs is 1. The maximum atomic E-state index is 13.8. The van der Waals surface area contributed by atoms with E-state index in [0.717, 1.165) is 61.5 Å². The molecule has 212 valence electrons. The number of pyridine rings is 1. The van der Waals surface area contributed by atoms with Gasteiger partial charge in [0, 0.05) is 25.2 Å². The van der Waals surface area contributed by atoms with Gasteiger partial charge in [-0.05, 0) is 80.5 Å². The van der Waals surface area contributed by atoms with E-state index in [1.54, 1.807) is 6.92 Å². The van der Waals surface area contributed by atoms with Crippen LogP contribution in [-0.4, -0.2) is 48.8 Å². The summed E-state index contributed by atoms with van der Waals surface area (Å²) in [5, 5.41) is 0. The van der Waals surface area contributed by atoms with Crippen molar-refractivity contribution in [1.29, 1.82) is 0 Å². The van der Waals surface area contributed by atoms with Crippen LogP contribution >= 0.6 is 0 Å². The van der Waals surface area contributed by atoms with E-state index < -0.39 is 17.8 Å². The number of methoxy groups -OCH3 is 2. The number of likely N-dealkylation sites (tertiary alicyclic amines) is 1. The summed E-state index contributed by atoms with van der Waals surface area (Å²) in [5.74, 6) is 1.21. The monoisotopic (exact) mass is 546 g/mol. The average molecular weight is 547 g/mol. The van der Waals surface area contributed by atoms with Crippen molar-refractivity contribution >= 4 is 5.97 Å². The normalized spacial score (nSPS) is 21.4. The number of nitrogens with zero attached hydrogens (tertiary/aromatic N) is 2. The Morgan fingerprint density at radius 2 is 1.82 bits per heavy atom. The quantitative estimate of drug-likeness (QED) is 0.378. The SMILES string of the molecule is COC(=O)[C@@H](C)[C@H](c1ccc2c(c1)OC1(CC2)CCN(C(C)c2nc(OC)ccc2C(F)(F)F)CC1)C1CC1. The summed E-state index contributed by atoms with van der Waals surface area (Å²) in [7, 11) is 2.84. The highest BCUT2D eigenvalue weighted by atomic mass is 19.4. The fourth-order valence-electron chi connectivity index (χ4n) is 6.46. The number of rotatable bonds is 7. The summed E-state index contributed by atoms with van der Waals surface area (Å²) in [6, 6.07) is 8.16. The lowest BCUT2D eigenvalue weighted by Gasteiger charge is -2.46. The van der Waals surface area contributed by atoms with Crippen LogP contribution < -0.4 is 9.47 Å². The highest BCUT2D eigenvalue weighted by Crippen LogP contribution is 2.49. The summed E-state index contributed by atoms with van der Waals surface area (Å²) < 4.78 is 58.1. The number of ether oxygens (including phenoxy) is 3. The smallest absolute Gasteiger partial charge is 0.418 e. The Bertz CT molecular complexity index is 1210. The van der Waals surface area contributed by atoms with Crippen molar-refractivity contribution in [2.45, 2.75) is 76.1 Å². The minimum atomic E-state index is -4.49. The van der Waals surface area contributed by atoms with Gasteiger partial charge in [0.15, 0.2) is 0 Å². The van der Waals surface area contributed by atoms with E-state index in [0.29, 0.717) is 19.0 Å². The highest BCUT2D eigenvalue weighted by Gasteiger charge is 2.44. The Morgan fingerprint density at radius 1 is 1.10 bits per heavy atom. The van der Waals surface area contributed by atoms with Gasteiger partial charge in [0.2, 0.25) is 5.88 Å². The van der Waals surface area contributed by atoms with Gasteiger partial charge in [-0.15, -0.1) is 0 Å². The Labute approximate surface area is 227 Å². The average Bonchev–Trinajstić information content (AvgIpc) is 3.77. The lowest BCUT2D eigenvalue weighted by Crippen LogP contribution is -2.50. The number of piperidine rings is 1. The first-order chi connectivity index (χ1) is 18.5. The van der Waals surface area contributed by atoms with Crippen LogP contribution in [0, 0.1) is 11.8 Å². The van der Waals surface area contributed by atoms with Crippen LogP contribution in [0.4, 0.5) is 13.2 Å². The second-order valence-electron chi connectivity index (χ2n) is 11.3. The molecular formula is C30H37F3N2O4. The van der Waals surface area contributed by atoms with Gasteiger partial charge in [0.1, 0.15) is 11.4 Å². The first kappa shape index (κ1) is 27.7. The number of esters is 1. The first-order valence-electron chi connectivity index (χ1n) is 13.8. The maximum absolute atomic E-state index is 13.8. The molecule has 9 heteroatoms. The molecule has 0 radical (unpaired) electrons. The molecule has 1 aromatic heterocycles. The molecule has 2 aliphatic heterocycles. The molecule has 1 aliphatic carbocycles. The number of aromatic nitrogens is 1. The van der Waals surface area contributed by atoms with Crippen molar-refractivity contribution in [3.8, 4) is 11.6 Å². The molecule has 5 rings (SSSR count). The minimum absolute atomic E-state index is 0.0109. The predicted octanol–water partition coefficient (Wildman–Crippen LogP) is 6.33. The van der Waals surface area contributed by atoms with Crippen LogP contribution in [0.15, 0.2) is 30.3 Å². The maximum Gasteiger partial charge on any atom is 0.418 e. The molecule has 0 N–H and O–H groups in total. The van der Waals surface area contributed by atoms with E-state index in [9.17, 15) is 18.0 Å². The third-order valence-electron chi connectivity index (χ3n) is 8.96. The molecule has 3 atom stereocenters. The predicted molar refractivity (Wildman–Crippen MR) is 140 cm³/mol. The summed E-state index contributed by atoms with van der Waals surface area (Å²) in [4.78, 5) is 18.6. The van der Waals surface area contributed by atoms with E-state index in [4.69, 9.17) is 14.2 Å². The Kier molecular flexibility index (Phi) is 7.57. The van der Waals surface area contributed by atoms with Gasteiger partial charge in [-0.1, -0.05) is 19.1 Å². The third-order valence-corrected chi connectivity index (χ3v) is 8.96. The molecule has 1 spiro atoms. The fraction of sp³-hybridized carbons (Fsp3) is 0.600.